The van der Waals surface area contributed by atoms with Crippen LogP contribution in [-0.2, 0) is 13.0 Å². The lowest BCUT2D eigenvalue weighted by Crippen LogP contribution is -2.40. The summed E-state index contributed by atoms with van der Waals surface area (Å²) in [6, 6.07) is 15.2. The van der Waals surface area contributed by atoms with E-state index in [-0.39, 0.29) is 12.6 Å². The molecule has 128 valence electrons. The molecule has 0 spiro atoms. The van der Waals surface area contributed by atoms with Gasteiger partial charge in [0.05, 0.1) is 13.2 Å². The van der Waals surface area contributed by atoms with Crippen LogP contribution in [0.4, 0.5) is 4.79 Å². The van der Waals surface area contributed by atoms with E-state index in [4.69, 9.17) is 4.74 Å². The molecule has 5 heteroatoms. The number of aliphatic hydroxyl groups is 1. The lowest BCUT2D eigenvalue weighted by Gasteiger charge is -2.13. The lowest BCUT2D eigenvalue weighted by molar-refractivity contribution is 0.170. The van der Waals surface area contributed by atoms with Crippen molar-refractivity contribution in [2.24, 2.45) is 0 Å². The quantitative estimate of drug-likeness (QED) is 0.731. The zero-order chi connectivity index (χ0) is 17.4. The number of rotatable bonds is 7. The van der Waals surface area contributed by atoms with Gasteiger partial charge in [0.2, 0.25) is 0 Å². The zero-order valence-electron chi connectivity index (χ0n) is 14.1. The van der Waals surface area contributed by atoms with Crippen LogP contribution in [0.25, 0.3) is 0 Å². The number of aliphatic hydroxyl groups excluding tert-OH is 1. The van der Waals surface area contributed by atoms with E-state index in [1.54, 1.807) is 7.11 Å². The van der Waals surface area contributed by atoms with Crippen LogP contribution in [0, 0.1) is 6.92 Å². The molecule has 2 aromatic carbocycles. The summed E-state index contributed by atoms with van der Waals surface area (Å²) in [6.45, 7) is 2.59. The van der Waals surface area contributed by atoms with E-state index >= 15 is 0 Å². The summed E-state index contributed by atoms with van der Waals surface area (Å²) in [4.78, 5) is 11.8. The number of amides is 2. The first-order valence-electron chi connectivity index (χ1n) is 7.95. The lowest BCUT2D eigenvalue weighted by atomic mass is 10.1. The largest absolute Gasteiger partial charge is 0.496 e. The number of nitrogens with one attached hydrogen (secondary N) is 2. The highest BCUT2D eigenvalue weighted by atomic mass is 16.5. The Kier molecular flexibility index (Phi) is 6.63. The highest BCUT2D eigenvalue weighted by Gasteiger charge is 2.08. The standard InChI is InChI=1S/C19H24N2O3/c1-14-10-16(8-9-18(14)24-2)12-20-19(23)21-13-17(22)11-15-6-4-3-5-7-15/h3-10,17,22H,11-13H2,1-2H3,(H2,20,21,23). The van der Waals surface area contributed by atoms with Crippen LogP contribution in [-0.4, -0.2) is 30.9 Å². The minimum absolute atomic E-state index is 0.211. The Morgan fingerprint density at radius 1 is 1.12 bits per heavy atom. The highest BCUT2D eigenvalue weighted by Crippen LogP contribution is 2.18. The summed E-state index contributed by atoms with van der Waals surface area (Å²) in [5, 5.41) is 15.4. The summed E-state index contributed by atoms with van der Waals surface area (Å²) < 4.78 is 5.21. The van der Waals surface area contributed by atoms with E-state index in [1.807, 2.05) is 55.5 Å². The molecule has 1 unspecified atom stereocenters. The average molecular weight is 328 g/mol. The van der Waals surface area contributed by atoms with Crippen molar-refractivity contribution in [1.29, 1.82) is 0 Å². The number of hydrogen-bond acceptors (Lipinski definition) is 3. The number of carbonyl (C=O) groups excluding carboxylic acids is 1. The Hall–Kier alpha value is -2.53. The van der Waals surface area contributed by atoms with Gasteiger partial charge in [-0.05, 0) is 29.7 Å². The van der Waals surface area contributed by atoms with Crippen molar-refractivity contribution in [3.05, 3.63) is 65.2 Å². The van der Waals surface area contributed by atoms with Gasteiger partial charge in [0, 0.05) is 19.5 Å². The number of benzene rings is 2. The monoisotopic (exact) mass is 328 g/mol. The van der Waals surface area contributed by atoms with Crippen LogP contribution in [0.2, 0.25) is 0 Å². The maximum Gasteiger partial charge on any atom is 0.315 e. The summed E-state index contributed by atoms with van der Waals surface area (Å²) >= 11 is 0. The first kappa shape index (κ1) is 17.8. The topological polar surface area (TPSA) is 70.6 Å². The fourth-order valence-electron chi connectivity index (χ4n) is 2.46. The van der Waals surface area contributed by atoms with Gasteiger partial charge in [0.25, 0.3) is 0 Å². The van der Waals surface area contributed by atoms with E-state index in [0.29, 0.717) is 13.0 Å². The van der Waals surface area contributed by atoms with Gasteiger partial charge in [-0.2, -0.15) is 0 Å². The fourth-order valence-corrected chi connectivity index (χ4v) is 2.46. The summed E-state index contributed by atoms with van der Waals surface area (Å²) in [7, 11) is 1.63. The third-order valence-electron chi connectivity index (χ3n) is 3.72. The molecule has 0 fully saturated rings. The van der Waals surface area contributed by atoms with Gasteiger partial charge in [-0.1, -0.05) is 42.5 Å². The van der Waals surface area contributed by atoms with Crippen molar-refractivity contribution in [2.45, 2.75) is 26.0 Å². The maximum atomic E-state index is 11.8. The number of carbonyl (C=O) groups is 1. The molecule has 1 atom stereocenters. The summed E-state index contributed by atoms with van der Waals surface area (Å²) in [5.74, 6) is 0.826. The van der Waals surface area contributed by atoms with E-state index < -0.39 is 6.10 Å². The molecule has 0 radical (unpaired) electrons. The third kappa shape index (κ3) is 5.59. The molecule has 0 aliphatic carbocycles. The maximum absolute atomic E-state index is 11.8. The van der Waals surface area contributed by atoms with Gasteiger partial charge in [0.15, 0.2) is 0 Å². The molecular weight excluding hydrogens is 304 g/mol. The van der Waals surface area contributed by atoms with Crippen molar-refractivity contribution < 1.29 is 14.6 Å². The smallest absolute Gasteiger partial charge is 0.315 e. The highest BCUT2D eigenvalue weighted by molar-refractivity contribution is 5.73. The van der Waals surface area contributed by atoms with Crippen LogP contribution in [0.5, 0.6) is 5.75 Å². The Morgan fingerprint density at radius 3 is 2.54 bits per heavy atom. The van der Waals surface area contributed by atoms with Crippen LogP contribution in [0.3, 0.4) is 0 Å². The van der Waals surface area contributed by atoms with Gasteiger partial charge in [-0.15, -0.1) is 0 Å². The molecule has 3 N–H and O–H groups in total. The van der Waals surface area contributed by atoms with Crippen molar-refractivity contribution in [3.8, 4) is 5.75 Å². The average Bonchev–Trinajstić information content (AvgIpc) is 2.59. The molecule has 24 heavy (non-hydrogen) atoms. The molecule has 2 rings (SSSR count). The molecule has 0 saturated carbocycles. The Morgan fingerprint density at radius 2 is 1.88 bits per heavy atom. The van der Waals surface area contributed by atoms with Crippen molar-refractivity contribution >= 4 is 6.03 Å². The molecule has 0 bridgehead atoms. The zero-order valence-corrected chi connectivity index (χ0v) is 14.1. The van der Waals surface area contributed by atoms with Crippen molar-refractivity contribution in [1.82, 2.24) is 10.6 Å². The van der Waals surface area contributed by atoms with E-state index in [9.17, 15) is 9.90 Å². The fraction of sp³-hybridized carbons (Fsp3) is 0.316. The molecule has 0 aromatic heterocycles. The number of aryl methyl sites for hydroxylation is 1. The van der Waals surface area contributed by atoms with Crippen LogP contribution in [0.15, 0.2) is 48.5 Å². The van der Waals surface area contributed by atoms with Gasteiger partial charge >= 0.3 is 6.03 Å². The summed E-state index contributed by atoms with van der Waals surface area (Å²) in [6.07, 6.45) is -0.0971. The Bertz CT molecular complexity index is 659. The second-order valence-electron chi connectivity index (χ2n) is 5.71. The normalized spacial score (nSPS) is 11.6. The molecule has 0 aliphatic heterocycles. The first-order chi connectivity index (χ1) is 11.6. The minimum atomic E-state index is -0.610. The van der Waals surface area contributed by atoms with E-state index in [2.05, 4.69) is 10.6 Å². The predicted octanol–water partition coefficient (Wildman–Crippen LogP) is 2.41. The van der Waals surface area contributed by atoms with Crippen molar-refractivity contribution in [2.75, 3.05) is 13.7 Å². The van der Waals surface area contributed by atoms with Crippen LogP contribution >= 0.6 is 0 Å². The van der Waals surface area contributed by atoms with E-state index in [1.165, 1.54) is 0 Å². The third-order valence-corrected chi connectivity index (χ3v) is 3.72. The molecular formula is C19H24N2O3. The molecule has 0 aliphatic rings. The molecule has 0 heterocycles. The SMILES string of the molecule is COc1ccc(CNC(=O)NCC(O)Cc2ccccc2)cc1C. The molecule has 0 saturated heterocycles. The van der Waals surface area contributed by atoms with Crippen molar-refractivity contribution in [3.63, 3.8) is 0 Å². The second-order valence-corrected chi connectivity index (χ2v) is 5.71. The van der Waals surface area contributed by atoms with Gasteiger partial charge in [-0.3, -0.25) is 0 Å². The molecule has 5 nitrogen and oxygen atoms in total. The first-order valence-corrected chi connectivity index (χ1v) is 7.95. The predicted molar refractivity (Wildman–Crippen MR) is 94.1 cm³/mol. The number of ether oxygens (including phenoxy) is 1. The van der Waals surface area contributed by atoms with Gasteiger partial charge in [0.1, 0.15) is 5.75 Å². The summed E-state index contributed by atoms with van der Waals surface area (Å²) in [5.41, 5.74) is 3.06. The number of hydrogen-bond donors (Lipinski definition) is 3. The van der Waals surface area contributed by atoms with Gasteiger partial charge in [-0.25, -0.2) is 4.79 Å². The molecule has 2 aromatic rings. The van der Waals surface area contributed by atoms with Crippen LogP contribution in [0.1, 0.15) is 16.7 Å². The minimum Gasteiger partial charge on any atom is -0.496 e. The molecule has 2 amide bonds. The Labute approximate surface area is 142 Å². The number of methoxy groups -OCH3 is 1. The second kappa shape index (κ2) is 8.93. The Balaban J connectivity index is 1.72. The van der Waals surface area contributed by atoms with E-state index in [0.717, 1.165) is 22.4 Å². The van der Waals surface area contributed by atoms with Crippen LogP contribution < -0.4 is 15.4 Å². The van der Waals surface area contributed by atoms with Gasteiger partial charge < -0.3 is 20.5 Å². The number of urea groups is 1.